The van der Waals surface area contributed by atoms with Gasteiger partial charge in [0.2, 0.25) is 0 Å². The molecule has 1 aliphatic carbocycles. The maximum Gasteiger partial charge on any atom is 0.387 e. The molecule has 1 aliphatic heterocycles. The zero-order chi connectivity index (χ0) is 24.8. The van der Waals surface area contributed by atoms with Crippen molar-refractivity contribution in [2.24, 2.45) is 0 Å². The summed E-state index contributed by atoms with van der Waals surface area (Å²) in [6, 6.07) is 9.56. The third-order valence-corrected chi connectivity index (χ3v) is 6.29. The predicted octanol–water partition coefficient (Wildman–Crippen LogP) is 3.85. The van der Waals surface area contributed by atoms with Crippen molar-refractivity contribution in [3.05, 3.63) is 47.5 Å². The minimum absolute atomic E-state index is 0.0415. The van der Waals surface area contributed by atoms with E-state index >= 15 is 0 Å². The highest BCUT2D eigenvalue weighted by atomic mass is 19.3. The Bertz CT molecular complexity index is 1070. The van der Waals surface area contributed by atoms with E-state index in [2.05, 4.69) is 10.1 Å². The minimum atomic E-state index is -3.03. The van der Waals surface area contributed by atoms with Gasteiger partial charge in [-0.2, -0.15) is 8.78 Å². The van der Waals surface area contributed by atoms with Gasteiger partial charge in [0, 0.05) is 12.0 Å². The number of methoxy groups -OCH3 is 1. The molecule has 1 N–H and O–H groups in total. The zero-order valence-corrected chi connectivity index (χ0v) is 19.3. The zero-order valence-electron chi connectivity index (χ0n) is 19.3. The molecule has 8 nitrogen and oxygen atoms in total. The van der Waals surface area contributed by atoms with Crippen molar-refractivity contribution in [3.8, 4) is 23.0 Å². The van der Waals surface area contributed by atoms with Crippen LogP contribution in [0.2, 0.25) is 0 Å². The number of alkyl halides is 2. The molecule has 4 rings (SSSR count). The van der Waals surface area contributed by atoms with Crippen molar-refractivity contribution >= 4 is 11.9 Å². The maximum atomic E-state index is 12.5. The summed E-state index contributed by atoms with van der Waals surface area (Å²) >= 11 is 0. The highest BCUT2D eigenvalue weighted by Gasteiger charge is 2.37. The van der Waals surface area contributed by atoms with Gasteiger partial charge in [-0.15, -0.1) is 0 Å². The number of hydrogen-bond donors (Lipinski definition) is 1. The van der Waals surface area contributed by atoms with Crippen LogP contribution in [0.3, 0.4) is 0 Å². The van der Waals surface area contributed by atoms with Gasteiger partial charge in [0.25, 0.3) is 5.91 Å². The van der Waals surface area contributed by atoms with E-state index in [1.54, 1.807) is 0 Å². The first-order valence-electron chi connectivity index (χ1n) is 11.4. The fraction of sp³-hybridized carbons (Fsp3) is 0.440. The van der Waals surface area contributed by atoms with Gasteiger partial charge in [-0.3, -0.25) is 4.79 Å². The van der Waals surface area contributed by atoms with Gasteiger partial charge < -0.3 is 29.0 Å². The second kappa shape index (κ2) is 10.8. The van der Waals surface area contributed by atoms with Crippen LogP contribution in [-0.4, -0.2) is 52.0 Å². The molecule has 188 valence electrons. The van der Waals surface area contributed by atoms with Gasteiger partial charge >= 0.3 is 12.6 Å². The van der Waals surface area contributed by atoms with Crippen molar-refractivity contribution in [3.63, 3.8) is 0 Å². The third kappa shape index (κ3) is 5.75. The maximum absolute atomic E-state index is 12.5. The monoisotopic (exact) mass is 491 g/mol. The summed E-state index contributed by atoms with van der Waals surface area (Å²) in [6.07, 6.45) is 3.93. The fourth-order valence-electron chi connectivity index (χ4n) is 4.51. The van der Waals surface area contributed by atoms with Crippen molar-refractivity contribution in [2.75, 3.05) is 33.5 Å². The summed E-state index contributed by atoms with van der Waals surface area (Å²) in [6.45, 7) is -2.09. The Morgan fingerprint density at radius 3 is 2.49 bits per heavy atom. The van der Waals surface area contributed by atoms with Gasteiger partial charge in [0.05, 0.1) is 12.7 Å². The van der Waals surface area contributed by atoms with Gasteiger partial charge in [-0.05, 0) is 48.7 Å². The Labute approximate surface area is 201 Å². The van der Waals surface area contributed by atoms with E-state index in [-0.39, 0.29) is 22.5 Å². The van der Waals surface area contributed by atoms with E-state index in [0.29, 0.717) is 25.5 Å². The lowest BCUT2D eigenvalue weighted by Gasteiger charge is -2.31. The Balaban J connectivity index is 1.35. The molecular formula is C25H27F2NO7. The summed E-state index contributed by atoms with van der Waals surface area (Å²) in [4.78, 5) is 24.8. The Morgan fingerprint density at radius 2 is 1.77 bits per heavy atom. The summed E-state index contributed by atoms with van der Waals surface area (Å²) in [5.41, 5.74) is 0.887. The van der Waals surface area contributed by atoms with E-state index in [0.717, 1.165) is 37.0 Å². The largest absolute Gasteiger partial charge is 0.493 e. The number of ether oxygens (including phenoxy) is 5. The number of esters is 1. The van der Waals surface area contributed by atoms with E-state index in [1.165, 1.54) is 25.3 Å². The molecule has 1 amide bonds. The Kier molecular flexibility index (Phi) is 7.57. The summed E-state index contributed by atoms with van der Waals surface area (Å²) in [5, 5.41) is 2.89. The van der Waals surface area contributed by atoms with Crippen LogP contribution in [0.5, 0.6) is 23.0 Å². The molecule has 2 aromatic rings. The SMILES string of the molecule is COc1cc(C(=O)OCC(=O)NCC2(c3ccc4c(c3)OCCO4)CCCC2)ccc1OC(F)F. The molecule has 0 aromatic heterocycles. The number of hydrogen-bond acceptors (Lipinski definition) is 7. The van der Waals surface area contributed by atoms with E-state index in [1.807, 2.05) is 18.2 Å². The summed E-state index contributed by atoms with van der Waals surface area (Å²) in [5.74, 6) is -0.0592. The van der Waals surface area contributed by atoms with Crippen LogP contribution >= 0.6 is 0 Å². The van der Waals surface area contributed by atoms with Crippen LogP contribution in [0.4, 0.5) is 8.78 Å². The summed E-state index contributed by atoms with van der Waals surface area (Å²) in [7, 11) is 1.26. The van der Waals surface area contributed by atoms with Crippen LogP contribution in [-0.2, 0) is 14.9 Å². The Morgan fingerprint density at radius 1 is 1.03 bits per heavy atom. The van der Waals surface area contributed by atoms with Crippen molar-refractivity contribution in [1.29, 1.82) is 0 Å². The topological polar surface area (TPSA) is 92.3 Å². The van der Waals surface area contributed by atoms with Gasteiger partial charge in [-0.1, -0.05) is 18.9 Å². The van der Waals surface area contributed by atoms with Crippen LogP contribution < -0.4 is 24.3 Å². The molecule has 0 saturated heterocycles. The first-order chi connectivity index (χ1) is 16.9. The lowest BCUT2D eigenvalue weighted by molar-refractivity contribution is -0.124. The number of fused-ring (bicyclic) bond motifs is 1. The average molecular weight is 491 g/mol. The van der Waals surface area contributed by atoms with Crippen molar-refractivity contribution in [2.45, 2.75) is 37.7 Å². The second-order valence-electron chi connectivity index (χ2n) is 8.44. The molecule has 2 aromatic carbocycles. The Hall–Kier alpha value is -3.56. The molecule has 1 fully saturated rings. The first-order valence-corrected chi connectivity index (χ1v) is 11.4. The first kappa shape index (κ1) is 24.6. The van der Waals surface area contributed by atoms with Crippen LogP contribution in [0.15, 0.2) is 36.4 Å². The molecule has 0 spiro atoms. The molecule has 0 bridgehead atoms. The fourth-order valence-corrected chi connectivity index (χ4v) is 4.51. The van der Waals surface area contributed by atoms with Crippen molar-refractivity contribution in [1.82, 2.24) is 5.32 Å². The van der Waals surface area contributed by atoms with E-state index in [9.17, 15) is 18.4 Å². The molecule has 1 heterocycles. The normalized spacial score (nSPS) is 16.0. The minimum Gasteiger partial charge on any atom is -0.493 e. The number of amides is 1. The molecule has 0 unspecified atom stereocenters. The molecule has 0 atom stereocenters. The second-order valence-corrected chi connectivity index (χ2v) is 8.44. The molecule has 10 heteroatoms. The highest BCUT2D eigenvalue weighted by Crippen LogP contribution is 2.43. The van der Waals surface area contributed by atoms with E-state index < -0.39 is 25.1 Å². The lowest BCUT2D eigenvalue weighted by atomic mass is 9.78. The van der Waals surface area contributed by atoms with E-state index in [4.69, 9.17) is 18.9 Å². The number of halogens is 2. The molecule has 1 saturated carbocycles. The van der Waals surface area contributed by atoms with Gasteiger partial charge in [-0.25, -0.2) is 4.79 Å². The standard InChI is InChI=1S/C25H27F2NO7/c1-31-20-12-16(4-6-19(20)35-24(26)27)23(30)34-14-22(29)28-15-25(8-2-3-9-25)17-5-7-18-21(13-17)33-11-10-32-18/h4-7,12-13,24H,2-3,8-11,14-15H2,1H3,(H,28,29). The smallest absolute Gasteiger partial charge is 0.387 e. The van der Waals surface area contributed by atoms with Crippen LogP contribution in [0.1, 0.15) is 41.6 Å². The van der Waals surface area contributed by atoms with Crippen LogP contribution in [0, 0.1) is 0 Å². The van der Waals surface area contributed by atoms with Crippen LogP contribution in [0.25, 0.3) is 0 Å². The van der Waals surface area contributed by atoms with Gasteiger partial charge in [0.15, 0.2) is 29.6 Å². The number of benzene rings is 2. The number of carbonyl (C=O) groups is 2. The number of carbonyl (C=O) groups excluding carboxylic acids is 2. The highest BCUT2D eigenvalue weighted by molar-refractivity contribution is 5.92. The number of nitrogens with one attached hydrogen (secondary N) is 1. The number of rotatable bonds is 9. The average Bonchev–Trinajstić information content (AvgIpc) is 3.36. The molecule has 35 heavy (non-hydrogen) atoms. The summed E-state index contributed by atoms with van der Waals surface area (Å²) < 4.78 is 50.7. The lowest BCUT2D eigenvalue weighted by Crippen LogP contribution is -2.40. The molecular weight excluding hydrogens is 464 g/mol. The third-order valence-electron chi connectivity index (χ3n) is 6.29. The quantitative estimate of drug-likeness (QED) is 0.533. The van der Waals surface area contributed by atoms with Gasteiger partial charge in [0.1, 0.15) is 13.2 Å². The molecule has 0 radical (unpaired) electrons. The predicted molar refractivity (Wildman–Crippen MR) is 120 cm³/mol. The molecule has 2 aliphatic rings. The van der Waals surface area contributed by atoms with Crippen molar-refractivity contribution < 1.29 is 42.1 Å².